The van der Waals surface area contributed by atoms with E-state index >= 15 is 0 Å². The lowest BCUT2D eigenvalue weighted by molar-refractivity contribution is -0.117. The first-order chi connectivity index (χ1) is 18.1. The average molecular weight is 516 g/mol. The number of para-hydroxylation sites is 1. The second-order valence-corrected chi connectivity index (χ2v) is 9.30. The Kier molecular flexibility index (Phi) is 7.27. The van der Waals surface area contributed by atoms with Crippen molar-refractivity contribution in [3.8, 4) is 22.1 Å². The van der Waals surface area contributed by atoms with Crippen LogP contribution >= 0.6 is 11.3 Å². The molecule has 1 aromatic heterocycles. The molecule has 5 rings (SSSR count). The molecule has 0 saturated heterocycles. The molecule has 1 aliphatic heterocycles. The van der Waals surface area contributed by atoms with E-state index in [4.69, 9.17) is 9.47 Å². The standard InChI is InChI=1S/C27H25N5O4S/c1-2-18-10-6-7-11-20(18)28-26(34)29-21(14-17-8-4-3-5-9-17)24(33)30-27-32-31-25(37-27)19-12-13-22-23(15-19)36-16-35-22/h3-13,15,21H,2,14,16H2,1H3,(H2,28,29,34)(H,30,32,33)/t21-/m0/s1. The number of rotatable bonds is 8. The second kappa shape index (κ2) is 11.1. The Hall–Kier alpha value is -4.44. The van der Waals surface area contributed by atoms with Crippen molar-refractivity contribution in [1.82, 2.24) is 15.5 Å². The van der Waals surface area contributed by atoms with Crippen LogP contribution < -0.4 is 25.4 Å². The quantitative estimate of drug-likeness (QED) is 0.309. The van der Waals surface area contributed by atoms with Crippen molar-refractivity contribution >= 4 is 34.1 Å². The third-order valence-electron chi connectivity index (χ3n) is 5.83. The Bertz CT molecular complexity index is 1410. The van der Waals surface area contributed by atoms with Crippen LogP contribution in [0.4, 0.5) is 15.6 Å². The molecule has 2 heterocycles. The summed E-state index contributed by atoms with van der Waals surface area (Å²) in [6.07, 6.45) is 1.08. The number of carbonyl (C=O) groups excluding carboxylic acids is 2. The van der Waals surface area contributed by atoms with Gasteiger partial charge in [-0.2, -0.15) is 0 Å². The van der Waals surface area contributed by atoms with E-state index in [9.17, 15) is 9.59 Å². The molecule has 3 amide bonds. The van der Waals surface area contributed by atoms with Gasteiger partial charge in [0.15, 0.2) is 11.5 Å². The van der Waals surface area contributed by atoms with Gasteiger partial charge in [0.05, 0.1) is 0 Å². The summed E-state index contributed by atoms with van der Waals surface area (Å²) in [6.45, 7) is 2.20. The zero-order chi connectivity index (χ0) is 25.6. The van der Waals surface area contributed by atoms with Crippen LogP contribution in [0.15, 0.2) is 72.8 Å². The molecule has 3 aromatic carbocycles. The molecule has 1 aliphatic rings. The molecular weight excluding hydrogens is 490 g/mol. The van der Waals surface area contributed by atoms with Gasteiger partial charge in [-0.3, -0.25) is 10.1 Å². The number of amides is 3. The SMILES string of the molecule is CCc1ccccc1NC(=O)N[C@@H](Cc1ccccc1)C(=O)Nc1nnc(-c2ccc3c(c2)OCO3)s1. The molecule has 10 heteroatoms. The molecule has 9 nitrogen and oxygen atoms in total. The first kappa shape index (κ1) is 24.3. The largest absolute Gasteiger partial charge is 0.454 e. The molecule has 0 fully saturated rings. The molecular formula is C27H25N5O4S. The summed E-state index contributed by atoms with van der Waals surface area (Å²) < 4.78 is 10.8. The normalized spacial score (nSPS) is 12.6. The molecule has 188 valence electrons. The lowest BCUT2D eigenvalue weighted by atomic mass is 10.1. The van der Waals surface area contributed by atoms with Crippen LogP contribution in [0.1, 0.15) is 18.1 Å². The molecule has 4 aromatic rings. The molecule has 0 radical (unpaired) electrons. The molecule has 0 aliphatic carbocycles. The number of hydrogen-bond acceptors (Lipinski definition) is 7. The number of anilines is 2. The molecule has 0 saturated carbocycles. The van der Waals surface area contributed by atoms with Crippen molar-refractivity contribution in [3.63, 3.8) is 0 Å². The minimum Gasteiger partial charge on any atom is -0.454 e. The summed E-state index contributed by atoms with van der Waals surface area (Å²) >= 11 is 1.23. The number of nitrogens with one attached hydrogen (secondary N) is 3. The number of aryl methyl sites for hydroxylation is 1. The molecule has 0 spiro atoms. The van der Waals surface area contributed by atoms with Gasteiger partial charge >= 0.3 is 6.03 Å². The summed E-state index contributed by atoms with van der Waals surface area (Å²) in [4.78, 5) is 26.1. The fourth-order valence-corrected chi connectivity index (χ4v) is 4.68. The number of hydrogen-bond donors (Lipinski definition) is 3. The molecule has 0 bridgehead atoms. The Balaban J connectivity index is 1.30. The third-order valence-corrected chi connectivity index (χ3v) is 6.71. The highest BCUT2D eigenvalue weighted by Crippen LogP contribution is 2.37. The van der Waals surface area contributed by atoms with E-state index < -0.39 is 18.0 Å². The molecule has 37 heavy (non-hydrogen) atoms. The van der Waals surface area contributed by atoms with Crippen molar-refractivity contribution in [2.45, 2.75) is 25.8 Å². The van der Waals surface area contributed by atoms with Gasteiger partial charge in [-0.15, -0.1) is 10.2 Å². The highest BCUT2D eigenvalue weighted by atomic mass is 32.1. The van der Waals surface area contributed by atoms with Gasteiger partial charge in [0.1, 0.15) is 11.0 Å². The van der Waals surface area contributed by atoms with Crippen molar-refractivity contribution in [2.24, 2.45) is 0 Å². The van der Waals surface area contributed by atoms with Crippen LogP contribution in [0.5, 0.6) is 11.5 Å². The number of fused-ring (bicyclic) bond motifs is 1. The van der Waals surface area contributed by atoms with Crippen LogP contribution in [0.2, 0.25) is 0 Å². The predicted molar refractivity (Wildman–Crippen MR) is 142 cm³/mol. The molecule has 1 atom stereocenters. The lowest BCUT2D eigenvalue weighted by Gasteiger charge is -2.19. The van der Waals surface area contributed by atoms with E-state index in [1.165, 1.54) is 11.3 Å². The second-order valence-electron chi connectivity index (χ2n) is 8.32. The van der Waals surface area contributed by atoms with Crippen LogP contribution in [0.25, 0.3) is 10.6 Å². The van der Waals surface area contributed by atoms with Crippen LogP contribution in [0.3, 0.4) is 0 Å². The fraction of sp³-hybridized carbons (Fsp3) is 0.185. The number of ether oxygens (including phenoxy) is 2. The van der Waals surface area contributed by atoms with Gasteiger partial charge in [-0.25, -0.2) is 4.79 Å². The number of aromatic nitrogens is 2. The van der Waals surface area contributed by atoms with Crippen LogP contribution in [-0.2, 0) is 17.6 Å². The number of benzene rings is 3. The number of nitrogens with zero attached hydrogens (tertiary/aromatic N) is 2. The van der Waals surface area contributed by atoms with Crippen LogP contribution in [0, 0.1) is 0 Å². The summed E-state index contributed by atoms with van der Waals surface area (Å²) in [7, 11) is 0. The maximum atomic E-state index is 13.3. The first-order valence-corrected chi connectivity index (χ1v) is 12.6. The minimum atomic E-state index is -0.839. The maximum absolute atomic E-state index is 13.3. The smallest absolute Gasteiger partial charge is 0.319 e. The lowest BCUT2D eigenvalue weighted by Crippen LogP contribution is -2.47. The number of urea groups is 1. The van der Waals surface area contributed by atoms with E-state index in [1.54, 1.807) is 0 Å². The van der Waals surface area contributed by atoms with Gasteiger partial charge in [-0.05, 0) is 41.8 Å². The van der Waals surface area contributed by atoms with Crippen molar-refractivity contribution in [1.29, 1.82) is 0 Å². The topological polar surface area (TPSA) is 114 Å². The molecule has 0 unspecified atom stereocenters. The Morgan fingerprint density at radius 2 is 1.73 bits per heavy atom. The van der Waals surface area contributed by atoms with E-state index in [2.05, 4.69) is 26.1 Å². The van der Waals surface area contributed by atoms with E-state index in [1.807, 2.05) is 79.7 Å². The van der Waals surface area contributed by atoms with Crippen molar-refractivity contribution in [3.05, 3.63) is 83.9 Å². The maximum Gasteiger partial charge on any atom is 0.319 e. The summed E-state index contributed by atoms with van der Waals surface area (Å²) in [5, 5.41) is 17.8. The summed E-state index contributed by atoms with van der Waals surface area (Å²) in [6, 6.07) is 21.3. The van der Waals surface area contributed by atoms with Gasteiger partial charge in [0.2, 0.25) is 17.8 Å². The first-order valence-electron chi connectivity index (χ1n) is 11.8. The Morgan fingerprint density at radius 3 is 2.57 bits per heavy atom. The highest BCUT2D eigenvalue weighted by molar-refractivity contribution is 7.18. The van der Waals surface area contributed by atoms with E-state index in [0.717, 1.165) is 23.1 Å². The predicted octanol–water partition coefficient (Wildman–Crippen LogP) is 4.87. The minimum absolute atomic E-state index is 0.184. The van der Waals surface area contributed by atoms with Gasteiger partial charge in [0, 0.05) is 17.7 Å². The van der Waals surface area contributed by atoms with Crippen molar-refractivity contribution in [2.75, 3.05) is 17.4 Å². The summed E-state index contributed by atoms with van der Waals surface area (Å²) in [5.41, 5.74) is 3.43. The van der Waals surface area contributed by atoms with Gasteiger partial charge in [-0.1, -0.05) is 66.8 Å². The number of carbonyl (C=O) groups is 2. The highest BCUT2D eigenvalue weighted by Gasteiger charge is 2.24. The van der Waals surface area contributed by atoms with E-state index in [-0.39, 0.29) is 6.79 Å². The Labute approximate surface area is 217 Å². The van der Waals surface area contributed by atoms with Crippen molar-refractivity contribution < 1.29 is 19.1 Å². The average Bonchev–Trinajstić information content (AvgIpc) is 3.58. The monoisotopic (exact) mass is 515 g/mol. The third kappa shape index (κ3) is 5.87. The fourth-order valence-electron chi connectivity index (χ4n) is 3.94. The summed E-state index contributed by atoms with van der Waals surface area (Å²) in [5.74, 6) is 0.925. The Morgan fingerprint density at radius 1 is 0.946 bits per heavy atom. The van der Waals surface area contributed by atoms with Gasteiger partial charge in [0.25, 0.3) is 0 Å². The van der Waals surface area contributed by atoms with E-state index in [0.29, 0.717) is 33.7 Å². The zero-order valence-corrected chi connectivity index (χ0v) is 20.9. The van der Waals surface area contributed by atoms with Crippen LogP contribution in [-0.4, -0.2) is 35.0 Å². The molecule has 3 N–H and O–H groups in total. The van der Waals surface area contributed by atoms with Gasteiger partial charge < -0.3 is 20.1 Å². The zero-order valence-electron chi connectivity index (χ0n) is 20.1.